The van der Waals surface area contributed by atoms with Crippen molar-refractivity contribution in [3.63, 3.8) is 0 Å². The predicted octanol–water partition coefficient (Wildman–Crippen LogP) is 2.10. The molecule has 3 aromatic rings. The van der Waals surface area contributed by atoms with Gasteiger partial charge < -0.3 is 24.3 Å². The molecule has 0 saturated carbocycles. The Bertz CT molecular complexity index is 1050. The number of halogens is 1. The quantitative estimate of drug-likeness (QED) is 0.561. The molecule has 3 rings (SSSR count). The van der Waals surface area contributed by atoms with Crippen LogP contribution in [0.1, 0.15) is 0 Å². The van der Waals surface area contributed by atoms with Crippen LogP contribution in [0.25, 0.3) is 22.1 Å². The summed E-state index contributed by atoms with van der Waals surface area (Å²) in [5, 5.41) is 12.7. The Morgan fingerprint density at radius 1 is 1.21 bits per heavy atom. The Morgan fingerprint density at radius 2 is 1.97 bits per heavy atom. The molecule has 0 aliphatic carbocycles. The Kier molecular flexibility index (Phi) is 6.58. The number of fused-ring (bicyclic) bond motifs is 1. The van der Waals surface area contributed by atoms with Crippen LogP contribution in [0.4, 0.5) is 4.39 Å². The molecule has 2 N–H and O–H groups in total. The van der Waals surface area contributed by atoms with Gasteiger partial charge >= 0.3 is 5.63 Å². The molecule has 1 aromatic heterocycles. The molecular formula is C21H20FNO6. The number of aliphatic hydroxyl groups is 1. The number of aliphatic hydroxyl groups excluding tert-OH is 1. The van der Waals surface area contributed by atoms with Crippen molar-refractivity contribution in [2.45, 2.75) is 6.10 Å². The second-order valence-electron chi connectivity index (χ2n) is 6.36. The number of methoxy groups -OCH3 is 1. The molecular weight excluding hydrogens is 381 g/mol. The number of benzene rings is 2. The first-order valence-electron chi connectivity index (χ1n) is 8.86. The van der Waals surface area contributed by atoms with E-state index in [1.54, 1.807) is 18.2 Å². The van der Waals surface area contributed by atoms with Gasteiger partial charge in [-0.1, -0.05) is 12.1 Å². The van der Waals surface area contributed by atoms with Gasteiger partial charge in [-0.25, -0.2) is 9.18 Å². The maximum absolute atomic E-state index is 13.1. The highest BCUT2D eigenvalue weighted by atomic mass is 19.1. The highest BCUT2D eigenvalue weighted by molar-refractivity contribution is 5.83. The van der Waals surface area contributed by atoms with E-state index in [0.29, 0.717) is 27.8 Å². The lowest BCUT2D eigenvalue weighted by molar-refractivity contribution is -0.123. The molecule has 0 saturated heterocycles. The topological polar surface area (TPSA) is 98.0 Å². The van der Waals surface area contributed by atoms with E-state index in [2.05, 4.69) is 5.32 Å². The van der Waals surface area contributed by atoms with Gasteiger partial charge in [-0.2, -0.15) is 0 Å². The molecule has 29 heavy (non-hydrogen) atoms. The van der Waals surface area contributed by atoms with E-state index in [-0.39, 0.29) is 19.8 Å². The molecule has 0 bridgehead atoms. The van der Waals surface area contributed by atoms with Crippen molar-refractivity contribution in [2.24, 2.45) is 0 Å². The molecule has 0 fully saturated rings. The number of amides is 1. The van der Waals surface area contributed by atoms with Crippen LogP contribution in [0.3, 0.4) is 0 Å². The summed E-state index contributed by atoms with van der Waals surface area (Å²) in [6.45, 7) is -0.0946. The third-order valence-corrected chi connectivity index (χ3v) is 4.13. The van der Waals surface area contributed by atoms with Gasteiger partial charge in [0.1, 0.15) is 17.1 Å². The zero-order chi connectivity index (χ0) is 20.8. The zero-order valence-corrected chi connectivity index (χ0v) is 15.7. The lowest BCUT2D eigenvalue weighted by Gasteiger charge is -2.11. The van der Waals surface area contributed by atoms with E-state index in [9.17, 15) is 19.1 Å². The first kappa shape index (κ1) is 20.5. The minimum atomic E-state index is -0.797. The largest absolute Gasteiger partial charge is 0.484 e. The predicted molar refractivity (Wildman–Crippen MR) is 104 cm³/mol. The van der Waals surface area contributed by atoms with Gasteiger partial charge in [-0.15, -0.1) is 0 Å². The molecule has 0 spiro atoms. The van der Waals surface area contributed by atoms with Crippen molar-refractivity contribution in [3.8, 4) is 16.9 Å². The van der Waals surface area contributed by atoms with Gasteiger partial charge in [0, 0.05) is 25.1 Å². The van der Waals surface area contributed by atoms with Crippen LogP contribution >= 0.6 is 0 Å². The minimum Gasteiger partial charge on any atom is -0.484 e. The summed E-state index contributed by atoms with van der Waals surface area (Å²) in [6.07, 6.45) is -0.797. The smallest absolute Gasteiger partial charge is 0.344 e. The van der Waals surface area contributed by atoms with Gasteiger partial charge in [0.2, 0.25) is 0 Å². The van der Waals surface area contributed by atoms with Crippen molar-refractivity contribution < 1.29 is 28.2 Å². The Balaban J connectivity index is 1.69. The van der Waals surface area contributed by atoms with Gasteiger partial charge in [-0.05, 0) is 35.9 Å². The van der Waals surface area contributed by atoms with Crippen LogP contribution in [0.5, 0.6) is 5.75 Å². The second kappa shape index (κ2) is 9.31. The Morgan fingerprint density at radius 3 is 2.69 bits per heavy atom. The van der Waals surface area contributed by atoms with E-state index in [4.69, 9.17) is 13.9 Å². The van der Waals surface area contributed by atoms with Crippen LogP contribution < -0.4 is 15.7 Å². The van der Waals surface area contributed by atoms with Crippen molar-refractivity contribution in [2.75, 3.05) is 26.9 Å². The lowest BCUT2D eigenvalue weighted by atomic mass is 10.1. The van der Waals surface area contributed by atoms with Gasteiger partial charge in [0.25, 0.3) is 5.91 Å². The maximum atomic E-state index is 13.1. The SMILES string of the molecule is COC[C@H](O)CNC(=O)COc1ccc2cc(-c3ccc(F)cc3)c(=O)oc2c1. The Labute approximate surface area is 165 Å². The minimum absolute atomic E-state index is 0.0504. The number of rotatable bonds is 8. The summed E-state index contributed by atoms with van der Waals surface area (Å²) in [7, 11) is 1.45. The van der Waals surface area contributed by atoms with Gasteiger partial charge in [-0.3, -0.25) is 4.79 Å². The summed E-state index contributed by atoms with van der Waals surface area (Å²) in [5.41, 5.74) is 0.607. The summed E-state index contributed by atoms with van der Waals surface area (Å²) >= 11 is 0. The molecule has 152 valence electrons. The fourth-order valence-corrected chi connectivity index (χ4v) is 2.69. The monoisotopic (exact) mass is 401 g/mol. The fraction of sp³-hybridized carbons (Fsp3) is 0.238. The average Bonchev–Trinajstić information content (AvgIpc) is 2.71. The summed E-state index contributed by atoms with van der Waals surface area (Å²) in [5.74, 6) is -0.450. The molecule has 2 aromatic carbocycles. The normalized spacial score (nSPS) is 12.0. The number of carbonyl (C=O) groups excluding carboxylic acids is 1. The molecule has 1 atom stereocenters. The number of hydrogen-bond donors (Lipinski definition) is 2. The van der Waals surface area contributed by atoms with Crippen LogP contribution in [0.2, 0.25) is 0 Å². The van der Waals surface area contributed by atoms with Crippen LogP contribution in [0, 0.1) is 5.82 Å². The molecule has 0 aliphatic rings. The molecule has 0 radical (unpaired) electrons. The molecule has 0 unspecified atom stereocenters. The number of ether oxygens (including phenoxy) is 2. The van der Waals surface area contributed by atoms with Crippen molar-refractivity contribution in [3.05, 3.63) is 64.8 Å². The van der Waals surface area contributed by atoms with Crippen molar-refractivity contribution >= 4 is 16.9 Å². The third-order valence-electron chi connectivity index (χ3n) is 4.13. The van der Waals surface area contributed by atoms with E-state index in [1.807, 2.05) is 0 Å². The first-order chi connectivity index (χ1) is 14.0. The van der Waals surface area contributed by atoms with Crippen molar-refractivity contribution in [1.29, 1.82) is 0 Å². The summed E-state index contributed by atoms with van der Waals surface area (Å²) in [6, 6.07) is 12.1. The fourth-order valence-electron chi connectivity index (χ4n) is 2.69. The van der Waals surface area contributed by atoms with E-state index in [0.717, 1.165) is 0 Å². The molecule has 7 nitrogen and oxygen atoms in total. The van der Waals surface area contributed by atoms with E-state index in [1.165, 1.54) is 37.4 Å². The molecule has 0 aliphatic heterocycles. The van der Waals surface area contributed by atoms with Gasteiger partial charge in [0.15, 0.2) is 6.61 Å². The maximum Gasteiger partial charge on any atom is 0.344 e. The Hall–Kier alpha value is -3.23. The standard InChI is InChI=1S/C21H20FNO6/c1-27-11-16(24)10-23-20(25)12-28-17-7-4-14-8-18(21(26)29-19(14)9-17)13-2-5-15(22)6-3-13/h2-9,16,24H,10-12H2,1H3,(H,23,25)/t16-/m1/s1. The van der Waals surface area contributed by atoms with Gasteiger partial charge in [0.05, 0.1) is 18.3 Å². The highest BCUT2D eigenvalue weighted by Gasteiger charge is 2.11. The van der Waals surface area contributed by atoms with Crippen molar-refractivity contribution in [1.82, 2.24) is 5.32 Å². The summed E-state index contributed by atoms with van der Waals surface area (Å²) in [4.78, 5) is 24.1. The molecule has 1 amide bonds. The second-order valence-corrected chi connectivity index (χ2v) is 6.36. The molecule has 8 heteroatoms. The van der Waals surface area contributed by atoms with Crippen LogP contribution in [0.15, 0.2) is 57.7 Å². The summed E-state index contributed by atoms with van der Waals surface area (Å²) < 4.78 is 28.6. The first-order valence-corrected chi connectivity index (χ1v) is 8.86. The third kappa shape index (κ3) is 5.40. The van der Waals surface area contributed by atoms with E-state index >= 15 is 0 Å². The number of hydrogen-bond acceptors (Lipinski definition) is 6. The van der Waals surface area contributed by atoms with Crippen LogP contribution in [-0.4, -0.2) is 44.0 Å². The average molecular weight is 401 g/mol. The number of nitrogens with one attached hydrogen (secondary N) is 1. The highest BCUT2D eigenvalue weighted by Crippen LogP contribution is 2.24. The zero-order valence-electron chi connectivity index (χ0n) is 15.7. The lowest BCUT2D eigenvalue weighted by Crippen LogP contribution is -2.36. The molecule has 1 heterocycles. The number of carbonyl (C=O) groups is 1. The van der Waals surface area contributed by atoms with E-state index < -0.39 is 23.5 Å². The van der Waals surface area contributed by atoms with Crippen LogP contribution in [-0.2, 0) is 9.53 Å².